The number of nitrogens with one attached hydrogen (secondary N) is 1. The van der Waals surface area contributed by atoms with Gasteiger partial charge in [0.25, 0.3) is 0 Å². The smallest absolute Gasteiger partial charge is 0.142 e. The zero-order valence-electron chi connectivity index (χ0n) is 14.5. The minimum atomic E-state index is 0.712. The highest BCUT2D eigenvalue weighted by Gasteiger charge is 2.02. The molecule has 0 saturated carbocycles. The summed E-state index contributed by atoms with van der Waals surface area (Å²) in [6, 6.07) is 12.7. The van der Waals surface area contributed by atoms with Crippen LogP contribution in [0.5, 0.6) is 5.75 Å². The van der Waals surface area contributed by atoms with E-state index in [9.17, 15) is 0 Å². The highest BCUT2D eigenvalue weighted by molar-refractivity contribution is 5.54. The average Bonchev–Trinajstić information content (AvgIpc) is 2.50. The third kappa shape index (κ3) is 5.51. The van der Waals surface area contributed by atoms with E-state index < -0.39 is 0 Å². The van der Waals surface area contributed by atoms with Crippen LogP contribution in [0.25, 0.3) is 0 Å². The molecular formula is C20H28N2O. The summed E-state index contributed by atoms with van der Waals surface area (Å²) < 4.78 is 5.61. The van der Waals surface area contributed by atoms with Gasteiger partial charge in [-0.2, -0.15) is 0 Å². The molecule has 0 fully saturated rings. The Balaban J connectivity index is 1.81. The van der Waals surface area contributed by atoms with Crippen molar-refractivity contribution in [1.82, 2.24) is 0 Å². The summed E-state index contributed by atoms with van der Waals surface area (Å²) in [5, 5.41) is 3.49. The maximum absolute atomic E-state index is 6.05. The first-order valence-electron chi connectivity index (χ1n) is 8.42. The van der Waals surface area contributed by atoms with Gasteiger partial charge in [0.15, 0.2) is 0 Å². The minimum Gasteiger partial charge on any atom is -0.491 e. The standard InChI is InChI=1S/C20H28N2O/c1-4-10-23-20-8-7-17(14-19(20)21)6-5-9-22-18-12-15(2)11-16(3)13-18/h7-8,11-14,22H,4-6,9-10,21H2,1-3H3. The summed E-state index contributed by atoms with van der Waals surface area (Å²) in [7, 11) is 0. The fourth-order valence-corrected chi connectivity index (χ4v) is 2.70. The zero-order valence-corrected chi connectivity index (χ0v) is 14.5. The number of aryl methyl sites for hydroxylation is 3. The second-order valence-electron chi connectivity index (χ2n) is 6.13. The Morgan fingerprint density at radius 2 is 1.78 bits per heavy atom. The molecule has 23 heavy (non-hydrogen) atoms. The summed E-state index contributed by atoms with van der Waals surface area (Å²) in [6.45, 7) is 8.01. The molecule has 2 aromatic carbocycles. The van der Waals surface area contributed by atoms with E-state index >= 15 is 0 Å². The fraction of sp³-hybridized carbons (Fsp3) is 0.400. The molecule has 2 rings (SSSR count). The molecule has 3 heteroatoms. The van der Waals surface area contributed by atoms with Crippen molar-refractivity contribution in [3.63, 3.8) is 0 Å². The number of benzene rings is 2. The van der Waals surface area contributed by atoms with Crippen LogP contribution in [0.1, 0.15) is 36.5 Å². The number of anilines is 2. The van der Waals surface area contributed by atoms with Gasteiger partial charge in [0.05, 0.1) is 12.3 Å². The van der Waals surface area contributed by atoms with Crippen molar-refractivity contribution in [2.45, 2.75) is 40.0 Å². The van der Waals surface area contributed by atoms with Crippen molar-refractivity contribution in [1.29, 1.82) is 0 Å². The molecule has 0 radical (unpaired) electrons. The van der Waals surface area contributed by atoms with Crippen LogP contribution >= 0.6 is 0 Å². The topological polar surface area (TPSA) is 47.3 Å². The third-order valence-corrected chi connectivity index (χ3v) is 3.73. The Labute approximate surface area is 139 Å². The zero-order chi connectivity index (χ0) is 16.7. The Morgan fingerprint density at radius 1 is 1.04 bits per heavy atom. The minimum absolute atomic E-state index is 0.712. The van der Waals surface area contributed by atoms with Crippen LogP contribution in [-0.2, 0) is 6.42 Å². The first kappa shape index (κ1) is 17.2. The van der Waals surface area contributed by atoms with Crippen LogP contribution in [-0.4, -0.2) is 13.2 Å². The van der Waals surface area contributed by atoms with Crippen LogP contribution in [0, 0.1) is 13.8 Å². The maximum Gasteiger partial charge on any atom is 0.142 e. The highest BCUT2D eigenvalue weighted by atomic mass is 16.5. The molecule has 0 bridgehead atoms. The normalized spacial score (nSPS) is 10.6. The molecule has 2 aromatic rings. The van der Waals surface area contributed by atoms with E-state index in [1.165, 1.54) is 22.4 Å². The van der Waals surface area contributed by atoms with Gasteiger partial charge in [0.1, 0.15) is 5.75 Å². The van der Waals surface area contributed by atoms with Crippen molar-refractivity contribution < 1.29 is 4.74 Å². The summed E-state index contributed by atoms with van der Waals surface area (Å²) in [4.78, 5) is 0. The summed E-state index contributed by atoms with van der Waals surface area (Å²) >= 11 is 0. The molecule has 0 aromatic heterocycles. The molecule has 0 atom stereocenters. The second kappa shape index (κ2) is 8.47. The third-order valence-electron chi connectivity index (χ3n) is 3.73. The van der Waals surface area contributed by atoms with Crippen LogP contribution in [0.3, 0.4) is 0 Å². The fourth-order valence-electron chi connectivity index (χ4n) is 2.70. The Hall–Kier alpha value is -2.16. The Morgan fingerprint density at radius 3 is 2.43 bits per heavy atom. The Kier molecular flexibility index (Phi) is 6.33. The quantitative estimate of drug-likeness (QED) is 0.548. The SMILES string of the molecule is CCCOc1ccc(CCCNc2cc(C)cc(C)c2)cc1N. The molecule has 0 aliphatic carbocycles. The van der Waals surface area contributed by atoms with E-state index in [0.29, 0.717) is 6.61 Å². The molecule has 0 amide bonds. The van der Waals surface area contributed by atoms with Crippen molar-refractivity contribution in [3.05, 3.63) is 53.1 Å². The van der Waals surface area contributed by atoms with Crippen molar-refractivity contribution in [2.24, 2.45) is 0 Å². The van der Waals surface area contributed by atoms with Gasteiger partial charge < -0.3 is 15.8 Å². The number of rotatable bonds is 8. The lowest BCUT2D eigenvalue weighted by Gasteiger charge is -2.11. The van der Waals surface area contributed by atoms with Gasteiger partial charge in [0, 0.05) is 12.2 Å². The molecule has 0 saturated heterocycles. The van der Waals surface area contributed by atoms with Gasteiger partial charge in [-0.05, 0) is 74.1 Å². The van der Waals surface area contributed by atoms with E-state index in [1.807, 2.05) is 12.1 Å². The predicted octanol–water partition coefficient (Wildman–Crippen LogP) is 4.72. The lowest BCUT2D eigenvalue weighted by atomic mass is 10.1. The summed E-state index contributed by atoms with van der Waals surface area (Å²) in [6.07, 6.45) is 3.07. The van der Waals surface area contributed by atoms with Gasteiger partial charge in [-0.3, -0.25) is 0 Å². The number of nitrogen functional groups attached to an aromatic ring is 1. The first-order chi connectivity index (χ1) is 11.1. The van der Waals surface area contributed by atoms with Gasteiger partial charge in [-0.25, -0.2) is 0 Å². The average molecular weight is 312 g/mol. The molecule has 0 unspecified atom stereocenters. The Bertz CT molecular complexity index is 617. The van der Waals surface area contributed by atoms with Crippen LogP contribution < -0.4 is 15.8 Å². The maximum atomic E-state index is 6.05. The lowest BCUT2D eigenvalue weighted by molar-refractivity contribution is 0.319. The molecule has 0 aliphatic rings. The van der Waals surface area contributed by atoms with E-state index in [-0.39, 0.29) is 0 Å². The van der Waals surface area contributed by atoms with Crippen LogP contribution in [0.4, 0.5) is 11.4 Å². The molecular weight excluding hydrogens is 284 g/mol. The molecule has 0 spiro atoms. The molecule has 3 N–H and O–H groups in total. The van der Waals surface area contributed by atoms with Gasteiger partial charge >= 0.3 is 0 Å². The van der Waals surface area contributed by atoms with Gasteiger partial charge in [-0.15, -0.1) is 0 Å². The monoisotopic (exact) mass is 312 g/mol. The second-order valence-corrected chi connectivity index (χ2v) is 6.13. The molecule has 0 heterocycles. The van der Waals surface area contributed by atoms with E-state index in [1.54, 1.807) is 0 Å². The first-order valence-corrected chi connectivity index (χ1v) is 8.42. The number of ether oxygens (including phenoxy) is 1. The number of hydrogen-bond donors (Lipinski definition) is 2. The van der Waals surface area contributed by atoms with E-state index in [4.69, 9.17) is 10.5 Å². The summed E-state index contributed by atoms with van der Waals surface area (Å²) in [5.74, 6) is 0.795. The van der Waals surface area contributed by atoms with Crippen LogP contribution in [0.2, 0.25) is 0 Å². The predicted molar refractivity (Wildman–Crippen MR) is 99.4 cm³/mol. The van der Waals surface area contributed by atoms with Crippen molar-refractivity contribution in [3.8, 4) is 5.75 Å². The number of nitrogens with two attached hydrogens (primary N) is 1. The van der Waals surface area contributed by atoms with E-state index in [0.717, 1.165) is 37.2 Å². The highest BCUT2D eigenvalue weighted by Crippen LogP contribution is 2.23. The molecule has 124 valence electrons. The largest absolute Gasteiger partial charge is 0.491 e. The molecule has 3 nitrogen and oxygen atoms in total. The number of hydrogen-bond acceptors (Lipinski definition) is 3. The van der Waals surface area contributed by atoms with Crippen molar-refractivity contribution >= 4 is 11.4 Å². The van der Waals surface area contributed by atoms with Gasteiger partial charge in [0.2, 0.25) is 0 Å². The van der Waals surface area contributed by atoms with Gasteiger partial charge in [-0.1, -0.05) is 19.1 Å². The lowest BCUT2D eigenvalue weighted by Crippen LogP contribution is -2.04. The van der Waals surface area contributed by atoms with E-state index in [2.05, 4.69) is 50.4 Å². The van der Waals surface area contributed by atoms with Crippen molar-refractivity contribution in [2.75, 3.05) is 24.2 Å². The van der Waals surface area contributed by atoms with Crippen LogP contribution in [0.15, 0.2) is 36.4 Å². The molecule has 0 aliphatic heterocycles. The summed E-state index contributed by atoms with van der Waals surface area (Å²) in [5.41, 5.74) is 11.8.